The van der Waals surface area contributed by atoms with E-state index in [1.807, 2.05) is 73.6 Å². The number of carbonyl (C=O) groups excluding carboxylic acids is 1. The molecule has 0 saturated heterocycles. The van der Waals surface area contributed by atoms with Gasteiger partial charge in [0.25, 0.3) is 5.91 Å². The Balaban J connectivity index is 1.81. The summed E-state index contributed by atoms with van der Waals surface area (Å²) in [6.45, 7) is 0. The summed E-state index contributed by atoms with van der Waals surface area (Å²) in [5, 5.41) is 3.53. The minimum Gasteiger partial charge on any atom is -0.378 e. The van der Waals surface area contributed by atoms with E-state index in [4.69, 9.17) is 0 Å². The molecule has 0 bridgehead atoms. The van der Waals surface area contributed by atoms with Crippen molar-refractivity contribution in [3.63, 3.8) is 0 Å². The van der Waals surface area contributed by atoms with Crippen LogP contribution in [-0.4, -0.2) is 20.0 Å². The number of hydrogen-bond acceptors (Lipinski definition) is 3. The topological polar surface area (TPSA) is 35.6 Å². The molecule has 1 N–H and O–H groups in total. The molecule has 4 heteroatoms. The average Bonchev–Trinajstić information content (AvgIpc) is 2.68. The lowest BCUT2D eigenvalue weighted by Gasteiger charge is -2.38. The van der Waals surface area contributed by atoms with Crippen molar-refractivity contribution >= 4 is 23.0 Å². The lowest BCUT2D eigenvalue weighted by molar-refractivity contribution is 0.0975. The van der Waals surface area contributed by atoms with E-state index in [1.54, 1.807) is 0 Å². The molecule has 3 aromatic rings. The van der Waals surface area contributed by atoms with Crippen LogP contribution in [0.5, 0.6) is 0 Å². The highest BCUT2D eigenvalue weighted by Crippen LogP contribution is 2.36. The van der Waals surface area contributed by atoms with Gasteiger partial charge in [-0.05, 0) is 42.0 Å². The van der Waals surface area contributed by atoms with Crippen LogP contribution in [0.2, 0.25) is 0 Å². The van der Waals surface area contributed by atoms with Crippen LogP contribution in [-0.2, 0) is 0 Å². The first-order valence-corrected chi connectivity index (χ1v) is 8.66. The molecule has 0 fully saturated rings. The third kappa shape index (κ3) is 2.80. The van der Waals surface area contributed by atoms with Gasteiger partial charge in [0.05, 0.1) is 5.56 Å². The molecule has 0 saturated carbocycles. The fourth-order valence-electron chi connectivity index (χ4n) is 3.30. The molecule has 4 rings (SSSR count). The molecule has 130 valence electrons. The van der Waals surface area contributed by atoms with E-state index in [0.29, 0.717) is 5.56 Å². The van der Waals surface area contributed by atoms with Crippen LogP contribution in [0.3, 0.4) is 0 Å². The standard InChI is InChI=1S/C22H21N3O/c1-24(2)17-14-12-16(13-15-17)21-23-20-11-7-6-10-19(20)22(26)25(21)18-8-4-3-5-9-18/h3-15,21,23H,1-2H3. The highest BCUT2D eigenvalue weighted by atomic mass is 16.2. The number of rotatable bonds is 3. The van der Waals surface area contributed by atoms with Gasteiger partial charge in [-0.3, -0.25) is 9.69 Å². The first-order valence-electron chi connectivity index (χ1n) is 8.66. The van der Waals surface area contributed by atoms with Gasteiger partial charge in [-0.25, -0.2) is 0 Å². The number of benzene rings is 3. The second-order valence-electron chi connectivity index (χ2n) is 6.59. The normalized spacial score (nSPS) is 16.0. The van der Waals surface area contributed by atoms with Crippen LogP contribution in [0.15, 0.2) is 78.9 Å². The lowest BCUT2D eigenvalue weighted by atomic mass is 10.0. The summed E-state index contributed by atoms with van der Waals surface area (Å²) in [5.41, 5.74) is 4.61. The number of para-hydroxylation sites is 2. The van der Waals surface area contributed by atoms with Gasteiger partial charge in [0, 0.05) is 31.2 Å². The number of amides is 1. The van der Waals surface area contributed by atoms with Crippen molar-refractivity contribution < 1.29 is 4.79 Å². The fraction of sp³-hybridized carbons (Fsp3) is 0.136. The number of hydrogen-bond donors (Lipinski definition) is 1. The van der Waals surface area contributed by atoms with Gasteiger partial charge in [0.15, 0.2) is 0 Å². The van der Waals surface area contributed by atoms with Gasteiger partial charge in [0.2, 0.25) is 0 Å². The maximum Gasteiger partial charge on any atom is 0.262 e. The van der Waals surface area contributed by atoms with Crippen molar-refractivity contribution in [2.45, 2.75) is 6.17 Å². The van der Waals surface area contributed by atoms with Gasteiger partial charge >= 0.3 is 0 Å². The van der Waals surface area contributed by atoms with Gasteiger partial charge in [-0.2, -0.15) is 0 Å². The Morgan fingerprint density at radius 3 is 2.19 bits per heavy atom. The first-order chi connectivity index (χ1) is 12.6. The van der Waals surface area contributed by atoms with Crippen molar-refractivity contribution in [2.24, 2.45) is 0 Å². The summed E-state index contributed by atoms with van der Waals surface area (Å²) >= 11 is 0. The van der Waals surface area contributed by atoms with Crippen molar-refractivity contribution in [3.05, 3.63) is 90.0 Å². The Labute approximate surface area is 153 Å². The van der Waals surface area contributed by atoms with E-state index in [-0.39, 0.29) is 12.1 Å². The number of carbonyl (C=O) groups is 1. The summed E-state index contributed by atoms with van der Waals surface area (Å²) in [7, 11) is 4.04. The zero-order chi connectivity index (χ0) is 18.1. The van der Waals surface area contributed by atoms with E-state index in [1.165, 1.54) is 0 Å². The first kappa shape index (κ1) is 16.2. The third-order valence-electron chi connectivity index (χ3n) is 4.69. The number of nitrogens with zero attached hydrogens (tertiary/aromatic N) is 2. The predicted octanol–water partition coefficient (Wildman–Crippen LogP) is 4.52. The average molecular weight is 343 g/mol. The summed E-state index contributed by atoms with van der Waals surface area (Å²) in [4.78, 5) is 17.1. The van der Waals surface area contributed by atoms with E-state index >= 15 is 0 Å². The highest BCUT2D eigenvalue weighted by molar-refractivity contribution is 6.12. The Bertz CT molecular complexity index is 920. The monoisotopic (exact) mass is 343 g/mol. The zero-order valence-corrected chi connectivity index (χ0v) is 14.9. The molecule has 1 heterocycles. The fourth-order valence-corrected chi connectivity index (χ4v) is 3.30. The molecular formula is C22H21N3O. The van der Waals surface area contributed by atoms with Crippen molar-refractivity contribution in [3.8, 4) is 0 Å². The molecule has 0 aliphatic carbocycles. The molecule has 4 nitrogen and oxygen atoms in total. The highest BCUT2D eigenvalue weighted by Gasteiger charge is 2.33. The molecular weight excluding hydrogens is 322 g/mol. The molecule has 1 atom stereocenters. The minimum atomic E-state index is -0.254. The van der Waals surface area contributed by atoms with E-state index in [2.05, 4.69) is 34.5 Å². The molecule has 1 aliphatic heterocycles. The van der Waals surface area contributed by atoms with Crippen LogP contribution in [0.25, 0.3) is 0 Å². The van der Waals surface area contributed by atoms with Crippen molar-refractivity contribution in [1.82, 2.24) is 0 Å². The second kappa shape index (κ2) is 6.56. The summed E-state index contributed by atoms with van der Waals surface area (Å²) < 4.78 is 0. The maximum absolute atomic E-state index is 13.3. The minimum absolute atomic E-state index is 0.00670. The Kier molecular flexibility index (Phi) is 4.09. The third-order valence-corrected chi connectivity index (χ3v) is 4.69. The van der Waals surface area contributed by atoms with E-state index in [0.717, 1.165) is 22.6 Å². The lowest BCUT2D eigenvalue weighted by Crippen LogP contribution is -2.43. The predicted molar refractivity (Wildman–Crippen MR) is 107 cm³/mol. The van der Waals surface area contributed by atoms with Gasteiger partial charge in [-0.15, -0.1) is 0 Å². The van der Waals surface area contributed by atoms with Crippen LogP contribution in [0.1, 0.15) is 22.1 Å². The van der Waals surface area contributed by atoms with Gasteiger partial charge in [-0.1, -0.05) is 42.5 Å². The Morgan fingerprint density at radius 2 is 1.50 bits per heavy atom. The van der Waals surface area contributed by atoms with E-state index in [9.17, 15) is 4.79 Å². The van der Waals surface area contributed by atoms with Gasteiger partial charge in [0.1, 0.15) is 6.17 Å². The molecule has 26 heavy (non-hydrogen) atoms. The number of nitrogens with one attached hydrogen (secondary N) is 1. The van der Waals surface area contributed by atoms with E-state index < -0.39 is 0 Å². The van der Waals surface area contributed by atoms with Crippen LogP contribution >= 0.6 is 0 Å². The van der Waals surface area contributed by atoms with Gasteiger partial charge < -0.3 is 10.2 Å². The SMILES string of the molecule is CN(C)c1ccc(C2Nc3ccccc3C(=O)N2c2ccccc2)cc1. The van der Waals surface area contributed by atoms with Crippen molar-refractivity contribution in [2.75, 3.05) is 29.2 Å². The maximum atomic E-state index is 13.3. The summed E-state index contributed by atoms with van der Waals surface area (Å²) in [5.74, 6) is 0.00670. The quantitative estimate of drug-likeness (QED) is 0.759. The Hall–Kier alpha value is -3.27. The second-order valence-corrected chi connectivity index (χ2v) is 6.59. The molecule has 1 aliphatic rings. The molecule has 0 radical (unpaired) electrons. The smallest absolute Gasteiger partial charge is 0.262 e. The molecule has 0 spiro atoms. The molecule has 1 amide bonds. The largest absolute Gasteiger partial charge is 0.378 e. The summed E-state index contributed by atoms with van der Waals surface area (Å²) in [6, 6.07) is 25.8. The zero-order valence-electron chi connectivity index (χ0n) is 14.9. The summed E-state index contributed by atoms with van der Waals surface area (Å²) in [6.07, 6.45) is -0.254. The van der Waals surface area contributed by atoms with Crippen molar-refractivity contribution in [1.29, 1.82) is 0 Å². The molecule has 0 aromatic heterocycles. The number of anilines is 3. The van der Waals surface area contributed by atoms with Crippen LogP contribution in [0, 0.1) is 0 Å². The Morgan fingerprint density at radius 1 is 0.846 bits per heavy atom. The van der Waals surface area contributed by atoms with Crippen LogP contribution in [0.4, 0.5) is 17.1 Å². The molecule has 3 aromatic carbocycles. The molecule has 1 unspecified atom stereocenters. The van der Waals surface area contributed by atoms with Crippen LogP contribution < -0.4 is 15.1 Å². The number of fused-ring (bicyclic) bond motifs is 1.